The van der Waals surface area contributed by atoms with Gasteiger partial charge in [0.2, 0.25) is 5.91 Å². The molecule has 6 heteroatoms. The smallest absolute Gasteiger partial charge is 0.227 e. The molecule has 2 aromatic rings. The fourth-order valence-electron chi connectivity index (χ4n) is 2.83. The number of thiophene rings is 1. The lowest BCUT2D eigenvalue weighted by Gasteiger charge is -2.23. The van der Waals surface area contributed by atoms with Gasteiger partial charge in [-0.05, 0) is 41.8 Å². The minimum atomic E-state index is 0.178. The third kappa shape index (κ3) is 4.59. The Hall–Kier alpha value is -1.79. The van der Waals surface area contributed by atoms with E-state index in [1.165, 1.54) is 0 Å². The van der Waals surface area contributed by atoms with E-state index < -0.39 is 0 Å². The summed E-state index contributed by atoms with van der Waals surface area (Å²) in [6, 6.07) is 4.01. The Morgan fingerprint density at radius 2 is 2.39 bits per heavy atom. The van der Waals surface area contributed by atoms with E-state index >= 15 is 0 Å². The number of ether oxygens (including phenoxy) is 1. The van der Waals surface area contributed by atoms with Gasteiger partial charge >= 0.3 is 0 Å². The predicted octanol–water partition coefficient (Wildman–Crippen LogP) is 2.11. The van der Waals surface area contributed by atoms with Crippen molar-refractivity contribution in [3.8, 4) is 0 Å². The summed E-state index contributed by atoms with van der Waals surface area (Å²) in [6.07, 6.45) is 2.89. The average molecular weight is 331 g/mol. The van der Waals surface area contributed by atoms with Gasteiger partial charge in [0.05, 0.1) is 19.6 Å². The Morgan fingerprint density at radius 1 is 1.48 bits per heavy atom. The first kappa shape index (κ1) is 16.1. The summed E-state index contributed by atoms with van der Waals surface area (Å²) < 4.78 is 5.69. The van der Waals surface area contributed by atoms with Gasteiger partial charge in [0.15, 0.2) is 0 Å². The summed E-state index contributed by atoms with van der Waals surface area (Å²) in [5.74, 6) is 0.455. The Balaban J connectivity index is 1.62. The van der Waals surface area contributed by atoms with Crippen molar-refractivity contribution in [1.29, 1.82) is 0 Å². The van der Waals surface area contributed by atoms with E-state index in [1.54, 1.807) is 17.7 Å². The molecule has 122 valence electrons. The molecule has 5 nitrogen and oxygen atoms in total. The molecule has 1 amide bonds. The summed E-state index contributed by atoms with van der Waals surface area (Å²) in [4.78, 5) is 22.9. The van der Waals surface area contributed by atoms with Crippen LogP contribution < -0.4 is 0 Å². The molecule has 0 radical (unpaired) electrons. The van der Waals surface area contributed by atoms with E-state index in [0.717, 1.165) is 29.9 Å². The molecule has 1 saturated heterocycles. The molecular weight excluding hydrogens is 310 g/mol. The minimum absolute atomic E-state index is 0.178. The molecule has 3 rings (SSSR count). The van der Waals surface area contributed by atoms with Gasteiger partial charge in [0, 0.05) is 30.4 Å². The van der Waals surface area contributed by atoms with Crippen LogP contribution in [0.2, 0.25) is 0 Å². The van der Waals surface area contributed by atoms with Gasteiger partial charge in [0.25, 0.3) is 0 Å². The van der Waals surface area contributed by atoms with E-state index in [-0.39, 0.29) is 11.8 Å². The molecular formula is C17H21N3O2S. The maximum atomic E-state index is 12.5. The number of hydrogen-bond donors (Lipinski definition) is 0. The topological polar surface area (TPSA) is 55.3 Å². The number of rotatable bonds is 4. The molecule has 3 heterocycles. The number of amides is 1. The Labute approximate surface area is 140 Å². The van der Waals surface area contributed by atoms with Gasteiger partial charge in [0.1, 0.15) is 6.33 Å². The van der Waals surface area contributed by atoms with Crippen molar-refractivity contribution in [3.63, 3.8) is 0 Å². The third-order valence-corrected chi connectivity index (χ3v) is 4.72. The molecule has 0 bridgehead atoms. The van der Waals surface area contributed by atoms with Crippen molar-refractivity contribution in [2.75, 3.05) is 26.3 Å². The van der Waals surface area contributed by atoms with E-state index in [0.29, 0.717) is 26.2 Å². The third-order valence-electron chi connectivity index (χ3n) is 3.98. The molecule has 0 N–H and O–H groups in total. The average Bonchev–Trinajstić information content (AvgIpc) is 2.92. The van der Waals surface area contributed by atoms with Crippen molar-refractivity contribution < 1.29 is 9.53 Å². The molecule has 2 aromatic heterocycles. The lowest BCUT2D eigenvalue weighted by molar-refractivity contribution is -0.130. The van der Waals surface area contributed by atoms with Crippen molar-refractivity contribution >= 4 is 17.2 Å². The summed E-state index contributed by atoms with van der Waals surface area (Å²) in [5.41, 5.74) is 3.07. The number of aromatic nitrogens is 2. The van der Waals surface area contributed by atoms with Crippen LogP contribution in [-0.2, 0) is 22.4 Å². The van der Waals surface area contributed by atoms with Crippen molar-refractivity contribution in [2.24, 2.45) is 5.92 Å². The van der Waals surface area contributed by atoms with Crippen LogP contribution in [0.3, 0.4) is 0 Å². The van der Waals surface area contributed by atoms with Crippen LogP contribution in [0.5, 0.6) is 0 Å². The van der Waals surface area contributed by atoms with Crippen molar-refractivity contribution in [3.05, 3.63) is 46.2 Å². The second-order valence-electron chi connectivity index (χ2n) is 5.94. The van der Waals surface area contributed by atoms with Gasteiger partial charge < -0.3 is 9.64 Å². The van der Waals surface area contributed by atoms with E-state index in [1.807, 2.05) is 34.7 Å². The largest absolute Gasteiger partial charge is 0.379 e. The SMILES string of the molecule is Cc1cc(C[C@@H]2COCCN(C(=O)Cc3ccsc3)C2)ncn1. The minimum Gasteiger partial charge on any atom is -0.379 e. The van der Waals surface area contributed by atoms with E-state index in [4.69, 9.17) is 4.74 Å². The summed E-state index contributed by atoms with van der Waals surface area (Å²) in [7, 11) is 0. The number of carbonyl (C=O) groups excluding carboxylic acids is 1. The van der Waals surface area contributed by atoms with Crippen LogP contribution in [0.15, 0.2) is 29.2 Å². The van der Waals surface area contributed by atoms with E-state index in [2.05, 4.69) is 9.97 Å². The fraction of sp³-hybridized carbons (Fsp3) is 0.471. The van der Waals surface area contributed by atoms with Crippen molar-refractivity contribution in [2.45, 2.75) is 19.8 Å². The fourth-order valence-corrected chi connectivity index (χ4v) is 3.50. The highest BCUT2D eigenvalue weighted by Gasteiger charge is 2.23. The second kappa shape index (κ2) is 7.66. The number of nitrogens with zero attached hydrogens (tertiary/aromatic N) is 3. The Bertz CT molecular complexity index is 645. The van der Waals surface area contributed by atoms with Crippen molar-refractivity contribution in [1.82, 2.24) is 14.9 Å². The van der Waals surface area contributed by atoms with Crippen LogP contribution in [0.1, 0.15) is 17.0 Å². The van der Waals surface area contributed by atoms with Crippen LogP contribution in [0.4, 0.5) is 0 Å². The zero-order valence-electron chi connectivity index (χ0n) is 13.3. The van der Waals surface area contributed by atoms with Gasteiger partial charge in [-0.25, -0.2) is 9.97 Å². The lowest BCUT2D eigenvalue weighted by Crippen LogP contribution is -2.37. The van der Waals surface area contributed by atoms with E-state index in [9.17, 15) is 4.79 Å². The van der Waals surface area contributed by atoms with Crippen LogP contribution in [0.25, 0.3) is 0 Å². The molecule has 1 atom stereocenters. The molecule has 0 aromatic carbocycles. The maximum Gasteiger partial charge on any atom is 0.227 e. The summed E-state index contributed by atoms with van der Waals surface area (Å²) >= 11 is 1.63. The molecule has 1 fully saturated rings. The quantitative estimate of drug-likeness (QED) is 0.861. The first-order valence-electron chi connectivity index (χ1n) is 7.85. The predicted molar refractivity (Wildman–Crippen MR) is 89.4 cm³/mol. The van der Waals surface area contributed by atoms with Crippen LogP contribution >= 0.6 is 11.3 Å². The number of carbonyl (C=O) groups is 1. The second-order valence-corrected chi connectivity index (χ2v) is 6.72. The molecule has 1 aliphatic rings. The summed E-state index contributed by atoms with van der Waals surface area (Å²) in [6.45, 7) is 4.64. The highest BCUT2D eigenvalue weighted by Crippen LogP contribution is 2.15. The highest BCUT2D eigenvalue weighted by molar-refractivity contribution is 7.07. The monoisotopic (exact) mass is 331 g/mol. The number of hydrogen-bond acceptors (Lipinski definition) is 5. The first-order chi connectivity index (χ1) is 11.2. The molecule has 0 unspecified atom stereocenters. The standard InChI is InChI=1S/C17H21N3O2S/c1-13-6-16(19-12-18-13)7-15-9-20(3-4-22-10-15)17(21)8-14-2-5-23-11-14/h2,5-6,11-12,15H,3-4,7-10H2,1H3/t15-/m0/s1. The van der Waals surface area contributed by atoms with Crippen LogP contribution in [0, 0.1) is 12.8 Å². The van der Waals surface area contributed by atoms with Gasteiger partial charge in [-0.15, -0.1) is 0 Å². The molecule has 23 heavy (non-hydrogen) atoms. The Kier molecular flexibility index (Phi) is 5.35. The lowest BCUT2D eigenvalue weighted by atomic mass is 10.0. The molecule has 0 aliphatic carbocycles. The zero-order chi connectivity index (χ0) is 16.1. The maximum absolute atomic E-state index is 12.5. The first-order valence-corrected chi connectivity index (χ1v) is 8.79. The normalized spacial score (nSPS) is 18.7. The van der Waals surface area contributed by atoms with Crippen LogP contribution in [-0.4, -0.2) is 47.1 Å². The molecule has 0 saturated carbocycles. The highest BCUT2D eigenvalue weighted by atomic mass is 32.1. The van der Waals surface area contributed by atoms with Gasteiger partial charge in [-0.3, -0.25) is 4.79 Å². The number of aryl methyl sites for hydroxylation is 1. The zero-order valence-corrected chi connectivity index (χ0v) is 14.1. The molecule has 0 spiro atoms. The summed E-state index contributed by atoms with van der Waals surface area (Å²) in [5, 5.41) is 4.04. The Morgan fingerprint density at radius 3 is 3.17 bits per heavy atom. The van der Waals surface area contributed by atoms with Gasteiger partial charge in [-0.1, -0.05) is 0 Å². The molecule has 1 aliphatic heterocycles. The van der Waals surface area contributed by atoms with Gasteiger partial charge in [-0.2, -0.15) is 11.3 Å².